The molecule has 2 aliphatic heterocycles. The molecule has 43 heavy (non-hydrogen) atoms. The predicted octanol–water partition coefficient (Wildman–Crippen LogP) is 4.86. The number of carbonyl (C=O) groups excluding carboxylic acids is 3. The highest BCUT2D eigenvalue weighted by Crippen LogP contribution is 2.28. The summed E-state index contributed by atoms with van der Waals surface area (Å²) in [7, 11) is 1.86. The van der Waals surface area contributed by atoms with Crippen LogP contribution < -0.4 is 5.32 Å². The molecule has 0 bridgehead atoms. The number of hydrogen-bond donors (Lipinski definition) is 1. The van der Waals surface area contributed by atoms with E-state index in [0.717, 1.165) is 86.9 Å². The molecule has 0 radical (unpaired) electrons. The van der Waals surface area contributed by atoms with Crippen molar-refractivity contribution < 1.29 is 19.1 Å². The minimum Gasteiger partial charge on any atom is -0.446 e. The molecular formula is C33H41N5O4S. The lowest BCUT2D eigenvalue weighted by atomic mass is 10.0. The number of likely N-dealkylation sites (tertiary alicyclic amines) is 1. The maximum absolute atomic E-state index is 13.1. The van der Waals surface area contributed by atoms with Crippen LogP contribution in [0.15, 0.2) is 66.7 Å². The number of anilines is 1. The first kappa shape index (κ1) is 30.7. The highest BCUT2D eigenvalue weighted by atomic mass is 32.1. The number of carbonyl (C=O) groups is 3. The van der Waals surface area contributed by atoms with Gasteiger partial charge >= 0.3 is 6.09 Å². The number of rotatable bonds is 9. The first-order chi connectivity index (χ1) is 20.9. The number of amides is 3. The highest BCUT2D eigenvalue weighted by Gasteiger charge is 2.24. The second kappa shape index (κ2) is 14.6. The molecule has 2 fully saturated rings. The monoisotopic (exact) mass is 603 g/mol. The highest BCUT2D eigenvalue weighted by molar-refractivity contribution is 7.14. The van der Waals surface area contributed by atoms with E-state index in [1.54, 1.807) is 23.2 Å². The van der Waals surface area contributed by atoms with Crippen LogP contribution in [0.2, 0.25) is 0 Å². The molecule has 10 heteroatoms. The lowest BCUT2D eigenvalue weighted by Crippen LogP contribution is -2.47. The summed E-state index contributed by atoms with van der Waals surface area (Å²) in [6.07, 6.45) is 0.969. The zero-order chi connectivity index (χ0) is 30.2. The average molecular weight is 604 g/mol. The van der Waals surface area contributed by atoms with Gasteiger partial charge in [-0.25, -0.2) is 4.79 Å². The van der Waals surface area contributed by atoms with Gasteiger partial charge in [0.1, 0.15) is 6.10 Å². The molecular weight excluding hydrogens is 562 g/mol. The Morgan fingerprint density at radius 2 is 1.58 bits per heavy atom. The molecule has 2 aromatic carbocycles. The normalized spacial score (nSPS) is 16.6. The SMILES string of the molecule is CC(=O)N1CCN(Cc2ccc(C(=O)N(C)CCN3CCC(OC(=O)Nc4ccccc4-c4ccccc4)CC3)s2)CC1. The molecule has 0 unspecified atom stereocenters. The van der Waals surface area contributed by atoms with Gasteiger partial charge in [-0.1, -0.05) is 48.5 Å². The molecule has 0 aliphatic carbocycles. The fourth-order valence-corrected chi connectivity index (χ4v) is 6.65. The molecule has 3 amide bonds. The summed E-state index contributed by atoms with van der Waals surface area (Å²) in [5, 5.41) is 2.93. The van der Waals surface area contributed by atoms with Crippen molar-refractivity contribution in [2.75, 3.05) is 64.7 Å². The van der Waals surface area contributed by atoms with Crippen molar-refractivity contribution >= 4 is 34.9 Å². The first-order valence-corrected chi connectivity index (χ1v) is 15.8. The molecule has 3 heterocycles. The van der Waals surface area contributed by atoms with Crippen molar-refractivity contribution in [3.8, 4) is 11.1 Å². The van der Waals surface area contributed by atoms with Crippen molar-refractivity contribution in [1.82, 2.24) is 19.6 Å². The Morgan fingerprint density at radius 3 is 2.30 bits per heavy atom. The molecule has 0 spiro atoms. The van der Waals surface area contributed by atoms with Crippen molar-refractivity contribution in [3.63, 3.8) is 0 Å². The van der Waals surface area contributed by atoms with Crippen molar-refractivity contribution in [2.24, 2.45) is 0 Å². The molecule has 2 saturated heterocycles. The molecule has 0 saturated carbocycles. The Labute approximate surface area is 258 Å². The van der Waals surface area contributed by atoms with Crippen molar-refractivity contribution in [3.05, 3.63) is 76.5 Å². The Morgan fingerprint density at radius 1 is 0.884 bits per heavy atom. The van der Waals surface area contributed by atoms with Crippen LogP contribution in [0, 0.1) is 0 Å². The summed E-state index contributed by atoms with van der Waals surface area (Å²) in [4.78, 5) is 47.6. The number of hydrogen-bond acceptors (Lipinski definition) is 7. The quantitative estimate of drug-likeness (QED) is 0.376. The van der Waals surface area contributed by atoms with Gasteiger partial charge in [-0.15, -0.1) is 11.3 Å². The van der Waals surface area contributed by atoms with Gasteiger partial charge in [-0.2, -0.15) is 0 Å². The van der Waals surface area contributed by atoms with E-state index < -0.39 is 6.09 Å². The van der Waals surface area contributed by atoms with Gasteiger partial charge in [0.05, 0.1) is 10.6 Å². The number of benzene rings is 2. The second-order valence-electron chi connectivity index (χ2n) is 11.3. The number of para-hydroxylation sites is 1. The van der Waals surface area contributed by atoms with Gasteiger partial charge in [0.2, 0.25) is 5.91 Å². The Balaban J connectivity index is 1.02. The largest absolute Gasteiger partial charge is 0.446 e. The predicted molar refractivity (Wildman–Crippen MR) is 170 cm³/mol. The zero-order valence-electron chi connectivity index (χ0n) is 25.0. The molecule has 2 aliphatic rings. The third kappa shape index (κ3) is 8.43. The standard InChI is InChI=1S/C33H41N5O4S/c1-25(39)38-22-20-37(21-23-38)24-28-12-13-31(43-28)32(40)35(2)18-19-36-16-14-27(15-17-36)42-33(41)34-30-11-7-6-10-29(30)26-8-4-3-5-9-26/h3-13,27H,14-24H2,1-2H3,(H,34,41). The Kier molecular flexibility index (Phi) is 10.5. The molecule has 5 rings (SSSR count). The van der Waals surface area contributed by atoms with Crippen molar-refractivity contribution in [1.29, 1.82) is 0 Å². The second-order valence-corrected chi connectivity index (χ2v) is 12.4. The third-order valence-electron chi connectivity index (χ3n) is 8.22. The Bertz CT molecular complexity index is 1380. The molecule has 9 nitrogen and oxygen atoms in total. The van der Waals surface area contributed by atoms with Crippen LogP contribution in [0.25, 0.3) is 11.1 Å². The van der Waals surface area contributed by atoms with E-state index in [-0.39, 0.29) is 17.9 Å². The van der Waals surface area contributed by atoms with E-state index in [1.165, 1.54) is 4.88 Å². The van der Waals surface area contributed by atoms with Gasteiger partial charge in [-0.05, 0) is 36.6 Å². The van der Waals surface area contributed by atoms with Crippen LogP contribution in [0.3, 0.4) is 0 Å². The molecule has 1 aromatic heterocycles. The fourth-order valence-electron chi connectivity index (χ4n) is 5.60. The summed E-state index contributed by atoms with van der Waals surface area (Å²) in [5.74, 6) is 0.178. The third-order valence-corrected chi connectivity index (χ3v) is 9.28. The lowest BCUT2D eigenvalue weighted by molar-refractivity contribution is -0.130. The van der Waals surface area contributed by atoms with Crippen LogP contribution in [-0.2, 0) is 16.1 Å². The number of thiophene rings is 1. The van der Waals surface area contributed by atoms with Gasteiger partial charge < -0.3 is 19.4 Å². The number of likely N-dealkylation sites (N-methyl/N-ethyl adjacent to an activating group) is 1. The molecule has 3 aromatic rings. The maximum Gasteiger partial charge on any atom is 0.411 e. The van der Waals surface area contributed by atoms with Crippen LogP contribution >= 0.6 is 11.3 Å². The van der Waals surface area contributed by atoms with E-state index in [4.69, 9.17) is 4.74 Å². The summed E-state index contributed by atoms with van der Waals surface area (Å²) in [6.45, 7) is 8.72. The van der Waals surface area contributed by atoms with Crippen LogP contribution in [-0.4, -0.2) is 103 Å². The average Bonchev–Trinajstić information content (AvgIpc) is 3.49. The number of nitrogens with one attached hydrogen (secondary N) is 1. The minimum atomic E-state index is -0.430. The van der Waals surface area contributed by atoms with Crippen molar-refractivity contribution in [2.45, 2.75) is 32.4 Å². The van der Waals surface area contributed by atoms with Crippen LogP contribution in [0.4, 0.5) is 10.5 Å². The smallest absolute Gasteiger partial charge is 0.411 e. The van der Waals surface area contributed by atoms with E-state index in [0.29, 0.717) is 6.54 Å². The number of nitrogens with zero attached hydrogens (tertiary/aromatic N) is 4. The number of ether oxygens (including phenoxy) is 1. The van der Waals surface area contributed by atoms with Gasteiger partial charge in [0.25, 0.3) is 5.91 Å². The minimum absolute atomic E-state index is 0.0447. The van der Waals surface area contributed by atoms with E-state index in [9.17, 15) is 14.4 Å². The van der Waals surface area contributed by atoms with Gasteiger partial charge in [0.15, 0.2) is 0 Å². The van der Waals surface area contributed by atoms with Gasteiger partial charge in [-0.3, -0.25) is 19.8 Å². The number of piperazine rings is 1. The van der Waals surface area contributed by atoms with E-state index in [2.05, 4.69) is 15.1 Å². The summed E-state index contributed by atoms with van der Waals surface area (Å²) in [6, 6.07) is 21.7. The maximum atomic E-state index is 13.1. The topological polar surface area (TPSA) is 85.4 Å². The van der Waals surface area contributed by atoms with Crippen LogP contribution in [0.1, 0.15) is 34.3 Å². The zero-order valence-corrected chi connectivity index (χ0v) is 25.9. The van der Waals surface area contributed by atoms with E-state index >= 15 is 0 Å². The van der Waals surface area contributed by atoms with Gasteiger partial charge in [0, 0.05) is 83.3 Å². The summed E-state index contributed by atoms with van der Waals surface area (Å²) >= 11 is 1.56. The summed E-state index contributed by atoms with van der Waals surface area (Å²) < 4.78 is 5.77. The van der Waals surface area contributed by atoms with E-state index in [1.807, 2.05) is 78.7 Å². The lowest BCUT2D eigenvalue weighted by Gasteiger charge is -2.33. The summed E-state index contributed by atoms with van der Waals surface area (Å²) in [5.41, 5.74) is 2.72. The molecule has 1 N–H and O–H groups in total. The fraction of sp³-hybridized carbons (Fsp3) is 0.424. The first-order valence-electron chi connectivity index (χ1n) is 15.0. The van der Waals surface area contributed by atoms with Crippen LogP contribution in [0.5, 0.6) is 0 Å². The number of piperidine rings is 1. The molecule has 228 valence electrons. The molecule has 0 atom stereocenters. The Hall–Kier alpha value is -3.73.